The molecule has 1 rings (SSSR count). The molecule has 0 aromatic carbocycles. The summed E-state index contributed by atoms with van der Waals surface area (Å²) in [7, 11) is 0. The van der Waals surface area contributed by atoms with Crippen LogP contribution in [0.5, 0.6) is 0 Å². The first-order valence-corrected chi connectivity index (χ1v) is 3.13. The van der Waals surface area contributed by atoms with Crippen LogP contribution in [0.25, 0.3) is 0 Å². The molecule has 7 heteroatoms. The maximum atomic E-state index is 10.4. The third-order valence-corrected chi connectivity index (χ3v) is 1.36. The number of rotatable bonds is 0. The molecule has 1 aliphatic heterocycles. The Bertz CT molecular complexity index is 172. The second-order valence-electron chi connectivity index (χ2n) is 1.65. The van der Waals surface area contributed by atoms with Gasteiger partial charge in [0, 0.05) is 22.4 Å². The Labute approximate surface area is 82.3 Å². The zero-order valence-electron chi connectivity index (χ0n) is 5.07. The van der Waals surface area contributed by atoms with E-state index in [0.29, 0.717) is 0 Å². The summed E-state index contributed by atoms with van der Waals surface area (Å²) >= 11 is 0.277. The van der Waals surface area contributed by atoms with Crippen LogP contribution in [0.15, 0.2) is 0 Å². The molecule has 0 spiro atoms. The zero-order chi connectivity index (χ0) is 7.56. The van der Waals surface area contributed by atoms with E-state index in [-0.39, 0.29) is 41.1 Å². The number of carbonyl (C=O) groups is 2. The van der Waals surface area contributed by atoms with Crippen molar-refractivity contribution in [1.82, 2.24) is 0 Å². The van der Waals surface area contributed by atoms with Gasteiger partial charge in [-0.1, -0.05) is 0 Å². The van der Waals surface area contributed by atoms with Crippen molar-refractivity contribution >= 4 is 24.3 Å². The number of hydrogen-bond acceptors (Lipinski definition) is 6. The summed E-state index contributed by atoms with van der Waals surface area (Å²) in [6.07, 6.45) is -1.73. The van der Waals surface area contributed by atoms with Gasteiger partial charge < -0.3 is 13.5 Å². The minimum absolute atomic E-state index is 0. The van der Waals surface area contributed by atoms with Gasteiger partial charge in [-0.3, -0.25) is 4.79 Å². The maximum absolute atomic E-state index is 10.4. The molecule has 0 aliphatic carbocycles. The van der Waals surface area contributed by atoms with E-state index in [1.165, 1.54) is 0 Å². The second-order valence-corrected chi connectivity index (χ2v) is 2.12. The van der Waals surface area contributed by atoms with Crippen LogP contribution in [-0.2, 0) is 40.3 Å². The van der Waals surface area contributed by atoms with Gasteiger partial charge in [0.15, 0.2) is 6.10 Å². The Balaban J connectivity index is 0.000001000. The van der Waals surface area contributed by atoms with Crippen LogP contribution in [0.2, 0.25) is 0 Å². The fourth-order valence-electron chi connectivity index (χ4n) is 0.419. The van der Waals surface area contributed by atoms with Gasteiger partial charge in [0.25, 0.3) is 12.3 Å². The van der Waals surface area contributed by atoms with Crippen molar-refractivity contribution in [2.75, 3.05) is 0 Å². The number of carbonyl (C=O) groups excluding carboxylic acids is 2. The van der Waals surface area contributed by atoms with Crippen LogP contribution >= 0.6 is 12.3 Å². The molecule has 11 heavy (non-hydrogen) atoms. The molecule has 0 aromatic heterocycles. The van der Waals surface area contributed by atoms with E-state index in [2.05, 4.69) is 8.37 Å². The first-order valence-electron chi connectivity index (χ1n) is 2.46. The normalized spacial score (nSPS) is 24.3. The van der Waals surface area contributed by atoms with Gasteiger partial charge in [0.05, 0.1) is 6.42 Å². The molecular formula is C4H4AuO5S. The topological polar surface area (TPSA) is 72.8 Å². The summed E-state index contributed by atoms with van der Waals surface area (Å²) in [5.74, 6) is -1.51. The van der Waals surface area contributed by atoms with E-state index in [0.717, 1.165) is 0 Å². The maximum Gasteiger partial charge on any atom is 0.350 e. The van der Waals surface area contributed by atoms with Crippen molar-refractivity contribution in [2.24, 2.45) is 0 Å². The molecule has 1 saturated heterocycles. The van der Waals surface area contributed by atoms with E-state index in [9.17, 15) is 9.59 Å². The summed E-state index contributed by atoms with van der Waals surface area (Å²) in [5.41, 5.74) is 0. The van der Waals surface area contributed by atoms with Gasteiger partial charge >= 0.3 is 11.9 Å². The third kappa shape index (κ3) is 3.26. The van der Waals surface area contributed by atoms with Crippen molar-refractivity contribution in [3.63, 3.8) is 0 Å². The molecule has 1 heterocycles. The van der Waals surface area contributed by atoms with E-state index in [4.69, 9.17) is 5.11 Å². The number of aliphatic hydroxyl groups excluding tert-OH is 1. The Kier molecular flexibility index (Phi) is 4.78. The average molecular weight is 361 g/mol. The minimum atomic E-state index is -1.39. The molecule has 1 radical (unpaired) electrons. The molecule has 0 saturated carbocycles. The monoisotopic (exact) mass is 361 g/mol. The van der Waals surface area contributed by atoms with Gasteiger partial charge in [0.2, 0.25) is 0 Å². The quantitative estimate of drug-likeness (QED) is 0.459. The van der Waals surface area contributed by atoms with Crippen molar-refractivity contribution in [2.45, 2.75) is 12.5 Å². The van der Waals surface area contributed by atoms with Crippen LogP contribution in [0.1, 0.15) is 6.42 Å². The van der Waals surface area contributed by atoms with Crippen molar-refractivity contribution in [3.8, 4) is 0 Å². The van der Waals surface area contributed by atoms with Crippen LogP contribution in [0, 0.1) is 0 Å². The smallest absolute Gasteiger partial charge is 0.350 e. The summed E-state index contributed by atoms with van der Waals surface area (Å²) in [5, 5.41) is 8.74. The van der Waals surface area contributed by atoms with Crippen molar-refractivity contribution in [3.05, 3.63) is 0 Å². The second kappa shape index (κ2) is 4.79. The SMILES string of the molecule is O=C1CC(O)C(=O)OSO1.[Au]. The van der Waals surface area contributed by atoms with Crippen LogP contribution in [0.3, 0.4) is 0 Å². The predicted octanol–water partition coefficient (Wildman–Crippen LogP) is -0.602. The molecule has 1 unspecified atom stereocenters. The standard InChI is InChI=1S/C4H4O5S.Au/c5-2-1-3(6)8-10-9-4(2)7;/h2,5H,1H2;. The average Bonchev–Trinajstić information content (AvgIpc) is 1.96. The summed E-state index contributed by atoms with van der Waals surface area (Å²) < 4.78 is 8.39. The molecule has 0 bridgehead atoms. The molecule has 67 valence electrons. The minimum Gasteiger partial charge on any atom is -0.381 e. The van der Waals surface area contributed by atoms with Crippen molar-refractivity contribution in [1.29, 1.82) is 0 Å². The summed E-state index contributed by atoms with van der Waals surface area (Å²) in [6.45, 7) is 0. The molecular weight excluding hydrogens is 357 g/mol. The van der Waals surface area contributed by atoms with Crippen LogP contribution < -0.4 is 0 Å². The molecule has 1 aliphatic rings. The fraction of sp³-hybridized carbons (Fsp3) is 0.500. The largest absolute Gasteiger partial charge is 0.381 e. The van der Waals surface area contributed by atoms with E-state index < -0.39 is 18.0 Å². The summed E-state index contributed by atoms with van der Waals surface area (Å²) in [6, 6.07) is 0. The number of aliphatic hydroxyl groups is 1. The zero-order valence-corrected chi connectivity index (χ0v) is 8.06. The number of hydrogen-bond donors (Lipinski definition) is 1. The summed E-state index contributed by atoms with van der Waals surface area (Å²) in [4.78, 5) is 20.8. The van der Waals surface area contributed by atoms with Crippen molar-refractivity contribution < 1.29 is 45.4 Å². The van der Waals surface area contributed by atoms with Crippen LogP contribution in [0.4, 0.5) is 0 Å². The van der Waals surface area contributed by atoms with E-state index in [1.807, 2.05) is 0 Å². The third-order valence-electron chi connectivity index (χ3n) is 0.875. The van der Waals surface area contributed by atoms with Gasteiger partial charge in [0.1, 0.15) is 0 Å². The molecule has 0 aromatic rings. The Morgan fingerprint density at radius 2 is 2.09 bits per heavy atom. The molecule has 1 fully saturated rings. The Morgan fingerprint density at radius 1 is 1.45 bits per heavy atom. The first kappa shape index (κ1) is 11.0. The van der Waals surface area contributed by atoms with Gasteiger partial charge in [-0.15, -0.1) is 0 Å². The van der Waals surface area contributed by atoms with E-state index in [1.54, 1.807) is 0 Å². The Morgan fingerprint density at radius 3 is 2.73 bits per heavy atom. The predicted molar refractivity (Wildman–Crippen MR) is 30.4 cm³/mol. The van der Waals surface area contributed by atoms with Gasteiger partial charge in [-0.05, 0) is 0 Å². The molecule has 0 amide bonds. The Hall–Kier alpha value is -0.00974. The molecule has 1 N–H and O–H groups in total. The van der Waals surface area contributed by atoms with Crippen LogP contribution in [-0.4, -0.2) is 23.1 Å². The van der Waals surface area contributed by atoms with E-state index >= 15 is 0 Å². The first-order chi connectivity index (χ1) is 4.70. The molecule has 1 atom stereocenters. The molecule has 5 nitrogen and oxygen atoms in total. The fourth-order valence-corrected chi connectivity index (χ4v) is 0.775. The van der Waals surface area contributed by atoms with Gasteiger partial charge in [-0.25, -0.2) is 4.79 Å². The van der Waals surface area contributed by atoms with Gasteiger partial charge in [-0.2, -0.15) is 0 Å².